The van der Waals surface area contributed by atoms with Crippen LogP contribution in [0.4, 0.5) is 5.82 Å². The Labute approximate surface area is 172 Å². The smallest absolute Gasteiger partial charge is 0.343 e. The van der Waals surface area contributed by atoms with Gasteiger partial charge in [-0.2, -0.15) is 0 Å². The molecule has 2 aromatic heterocycles. The van der Waals surface area contributed by atoms with Crippen molar-refractivity contribution in [1.82, 2.24) is 19.2 Å². The Morgan fingerprint density at radius 2 is 1.97 bits per heavy atom. The normalized spacial score (nSPS) is 20.0. The van der Waals surface area contributed by atoms with Crippen molar-refractivity contribution in [2.45, 2.75) is 25.2 Å². The average molecular weight is 408 g/mol. The van der Waals surface area contributed by atoms with Crippen molar-refractivity contribution in [3.63, 3.8) is 0 Å². The van der Waals surface area contributed by atoms with Gasteiger partial charge < -0.3 is 20.3 Å². The van der Waals surface area contributed by atoms with Crippen LogP contribution in [-0.4, -0.2) is 76.0 Å². The molecule has 0 aliphatic carbocycles. The van der Waals surface area contributed by atoms with E-state index in [-0.39, 0.29) is 23.1 Å². The van der Waals surface area contributed by atoms with Crippen molar-refractivity contribution >= 4 is 34.7 Å². The lowest BCUT2D eigenvalue weighted by Crippen LogP contribution is -2.49. The zero-order valence-electron chi connectivity index (χ0n) is 16.9. The Bertz CT molecular complexity index is 1230. The Morgan fingerprint density at radius 1 is 1.23 bits per heavy atom. The van der Waals surface area contributed by atoms with Gasteiger partial charge in [0.1, 0.15) is 17.0 Å². The summed E-state index contributed by atoms with van der Waals surface area (Å²) in [7, 11) is 4.21. The molecule has 0 bridgehead atoms. The van der Waals surface area contributed by atoms with Gasteiger partial charge in [-0.3, -0.25) is 19.1 Å². The first-order valence-corrected chi connectivity index (χ1v) is 10.1. The number of fused-ring (bicyclic) bond motifs is 5. The first kappa shape index (κ1) is 18.8. The molecule has 1 atom stereocenters. The second-order valence-corrected chi connectivity index (χ2v) is 8.12. The number of pyridine rings is 1. The van der Waals surface area contributed by atoms with E-state index in [4.69, 9.17) is 0 Å². The summed E-state index contributed by atoms with van der Waals surface area (Å²) in [6.45, 7) is 1.79. The molecule has 9 nitrogen and oxygen atoms in total. The summed E-state index contributed by atoms with van der Waals surface area (Å²) in [6, 6.07) is 8.09. The predicted octanol–water partition coefficient (Wildman–Crippen LogP) is 1.63. The van der Waals surface area contributed by atoms with Gasteiger partial charge in [0.05, 0.1) is 16.6 Å². The maximum Gasteiger partial charge on any atom is 0.343 e. The second-order valence-electron chi connectivity index (χ2n) is 8.12. The van der Waals surface area contributed by atoms with Crippen LogP contribution in [0.2, 0.25) is 0 Å². The van der Waals surface area contributed by atoms with Crippen molar-refractivity contribution in [1.29, 1.82) is 0 Å². The minimum absolute atomic E-state index is 0.272. The van der Waals surface area contributed by atoms with E-state index in [0.29, 0.717) is 11.9 Å². The zero-order chi connectivity index (χ0) is 21.0. The van der Waals surface area contributed by atoms with Gasteiger partial charge in [-0.25, -0.2) is 4.79 Å². The molecule has 30 heavy (non-hydrogen) atoms. The van der Waals surface area contributed by atoms with Gasteiger partial charge in [0.25, 0.3) is 0 Å². The van der Waals surface area contributed by atoms with E-state index in [2.05, 4.69) is 39.2 Å². The molecule has 5 rings (SSSR count). The highest BCUT2D eigenvalue weighted by molar-refractivity contribution is 6.02. The molecule has 0 saturated carbocycles. The third kappa shape index (κ3) is 2.81. The third-order valence-corrected chi connectivity index (χ3v) is 6.21. The molecular formula is C21H24N6O3. The SMILES string of the molecule is CN(C)C1CCN(C2N=Cc3c(n4c([nH]c5ccccc54)c(C(=O)O)c3=O)N2)CC1. The molecule has 0 amide bonds. The predicted molar refractivity (Wildman–Crippen MR) is 116 cm³/mol. The summed E-state index contributed by atoms with van der Waals surface area (Å²) in [4.78, 5) is 37.1. The molecule has 1 saturated heterocycles. The van der Waals surface area contributed by atoms with Gasteiger partial charge in [0.15, 0.2) is 6.29 Å². The summed E-state index contributed by atoms with van der Waals surface area (Å²) in [6.07, 6.45) is 3.33. The fourth-order valence-corrected chi connectivity index (χ4v) is 4.55. The summed E-state index contributed by atoms with van der Waals surface area (Å²) < 4.78 is 1.79. The van der Waals surface area contributed by atoms with Gasteiger partial charge >= 0.3 is 5.97 Å². The van der Waals surface area contributed by atoms with Gasteiger partial charge in [0, 0.05) is 25.3 Å². The number of carboxylic acids is 1. The number of aromatic amines is 1. The number of aromatic carboxylic acids is 1. The Hall–Kier alpha value is -3.17. The average Bonchev–Trinajstić information content (AvgIpc) is 3.12. The fourth-order valence-electron chi connectivity index (χ4n) is 4.55. The molecule has 1 aromatic carbocycles. The van der Waals surface area contributed by atoms with Crippen LogP contribution >= 0.6 is 0 Å². The number of hydrogen-bond donors (Lipinski definition) is 3. The minimum atomic E-state index is -1.26. The van der Waals surface area contributed by atoms with Gasteiger partial charge in [0.2, 0.25) is 5.43 Å². The van der Waals surface area contributed by atoms with Crippen molar-refractivity contribution in [2.75, 3.05) is 32.5 Å². The number of carbonyl (C=O) groups is 1. The van der Waals surface area contributed by atoms with E-state index in [9.17, 15) is 14.7 Å². The number of H-pyrrole nitrogens is 1. The number of hydrogen-bond acceptors (Lipinski definition) is 6. The highest BCUT2D eigenvalue weighted by Gasteiger charge is 2.31. The van der Waals surface area contributed by atoms with Crippen LogP contribution in [0.15, 0.2) is 34.1 Å². The van der Waals surface area contributed by atoms with E-state index in [1.165, 1.54) is 6.21 Å². The van der Waals surface area contributed by atoms with E-state index in [1.54, 1.807) is 4.40 Å². The number of benzene rings is 1. The lowest BCUT2D eigenvalue weighted by molar-refractivity contribution is 0.0697. The maximum atomic E-state index is 13.0. The molecule has 2 aliphatic rings. The molecule has 3 aromatic rings. The lowest BCUT2D eigenvalue weighted by Gasteiger charge is -2.39. The van der Waals surface area contributed by atoms with Crippen LogP contribution in [0.1, 0.15) is 28.8 Å². The number of nitrogens with zero attached hydrogens (tertiary/aromatic N) is 4. The number of aliphatic imine (C=N–C) groups is 1. The summed E-state index contributed by atoms with van der Waals surface area (Å²) >= 11 is 0. The van der Waals surface area contributed by atoms with E-state index in [1.807, 2.05) is 24.3 Å². The summed E-state index contributed by atoms with van der Waals surface area (Å²) in [5.41, 5.74) is 1.31. The van der Waals surface area contributed by atoms with Gasteiger partial charge in [-0.05, 0) is 39.1 Å². The molecule has 4 heterocycles. The Kier molecular flexibility index (Phi) is 4.37. The zero-order valence-corrected chi connectivity index (χ0v) is 16.9. The maximum absolute atomic E-state index is 13.0. The molecule has 1 unspecified atom stereocenters. The first-order chi connectivity index (χ1) is 14.5. The quantitative estimate of drug-likeness (QED) is 0.608. The highest BCUT2D eigenvalue weighted by Crippen LogP contribution is 2.28. The molecule has 156 valence electrons. The third-order valence-electron chi connectivity index (χ3n) is 6.21. The van der Waals surface area contributed by atoms with Crippen LogP contribution in [0.5, 0.6) is 0 Å². The minimum Gasteiger partial charge on any atom is -0.477 e. The van der Waals surface area contributed by atoms with Crippen LogP contribution in [0, 0.1) is 0 Å². The number of nitrogens with one attached hydrogen (secondary N) is 2. The molecule has 9 heteroatoms. The van der Waals surface area contributed by atoms with Crippen molar-refractivity contribution in [3.05, 3.63) is 45.6 Å². The standard InChI is InChI=1S/C21H24N6O3/c1-25(2)12-7-9-26(10-8-12)21-22-11-13-17(28)16(20(29)30)19-23-14-5-3-4-6-15(14)27(19)18(13)24-21/h3-6,11-12,21,23-24H,7-10H2,1-2H3,(H,29,30). The molecule has 1 fully saturated rings. The van der Waals surface area contributed by atoms with Crippen molar-refractivity contribution in [3.8, 4) is 0 Å². The number of likely N-dealkylation sites (tertiary alicyclic amines) is 1. The largest absolute Gasteiger partial charge is 0.477 e. The van der Waals surface area contributed by atoms with E-state index >= 15 is 0 Å². The molecule has 0 spiro atoms. The van der Waals surface area contributed by atoms with Crippen molar-refractivity contribution < 1.29 is 9.90 Å². The molecule has 0 radical (unpaired) electrons. The van der Waals surface area contributed by atoms with Crippen LogP contribution < -0.4 is 10.7 Å². The first-order valence-electron chi connectivity index (χ1n) is 10.1. The van der Waals surface area contributed by atoms with Crippen LogP contribution in [0.25, 0.3) is 16.7 Å². The number of carboxylic acid groups (broad SMARTS) is 1. The van der Waals surface area contributed by atoms with Crippen LogP contribution in [0.3, 0.4) is 0 Å². The number of para-hydroxylation sites is 2. The van der Waals surface area contributed by atoms with E-state index in [0.717, 1.165) is 37.0 Å². The monoisotopic (exact) mass is 408 g/mol. The number of anilines is 1. The Morgan fingerprint density at radius 3 is 2.67 bits per heavy atom. The molecule has 2 aliphatic heterocycles. The van der Waals surface area contributed by atoms with E-state index < -0.39 is 11.4 Å². The number of piperidine rings is 1. The lowest BCUT2D eigenvalue weighted by atomic mass is 10.0. The molecule has 3 N–H and O–H groups in total. The summed E-state index contributed by atoms with van der Waals surface area (Å²) in [5.74, 6) is -0.680. The fraction of sp³-hybridized carbons (Fsp3) is 0.381. The number of imidazole rings is 1. The van der Waals surface area contributed by atoms with Crippen LogP contribution in [-0.2, 0) is 0 Å². The van der Waals surface area contributed by atoms with Crippen molar-refractivity contribution in [2.24, 2.45) is 4.99 Å². The highest BCUT2D eigenvalue weighted by atomic mass is 16.4. The Balaban J connectivity index is 1.62. The number of rotatable bonds is 3. The number of aromatic nitrogens is 2. The van der Waals surface area contributed by atoms with Gasteiger partial charge in [-0.1, -0.05) is 12.1 Å². The van der Waals surface area contributed by atoms with Gasteiger partial charge in [-0.15, -0.1) is 0 Å². The molecular weight excluding hydrogens is 384 g/mol. The summed E-state index contributed by atoms with van der Waals surface area (Å²) in [5, 5.41) is 13.1. The topological polar surface area (TPSA) is 105 Å². The second kappa shape index (κ2) is 6.96.